The monoisotopic (exact) mass is 402 g/mol. The van der Waals surface area contributed by atoms with Crippen LogP contribution in [0, 0.1) is 5.92 Å². The molecule has 2 saturated heterocycles. The van der Waals surface area contributed by atoms with E-state index in [0.29, 0.717) is 40.8 Å². The summed E-state index contributed by atoms with van der Waals surface area (Å²) in [5, 5.41) is 0. The van der Waals surface area contributed by atoms with Crippen molar-refractivity contribution in [3.8, 4) is 17.2 Å². The number of benzene rings is 1. The molecule has 0 bridgehead atoms. The maximum absolute atomic E-state index is 13.7. The summed E-state index contributed by atoms with van der Waals surface area (Å²) in [5.74, 6) is 2.29. The van der Waals surface area contributed by atoms with Gasteiger partial charge in [-0.25, -0.2) is 0 Å². The van der Waals surface area contributed by atoms with Gasteiger partial charge in [0.1, 0.15) is 0 Å². The number of rotatable bonds is 5. The summed E-state index contributed by atoms with van der Waals surface area (Å²) in [7, 11) is 4.76. The van der Waals surface area contributed by atoms with E-state index in [4.69, 9.17) is 14.2 Å². The molecule has 1 aliphatic carbocycles. The number of likely N-dealkylation sites (tertiary alicyclic amines) is 2. The van der Waals surface area contributed by atoms with E-state index in [9.17, 15) is 4.79 Å². The number of ether oxygens (including phenoxy) is 3. The van der Waals surface area contributed by atoms with E-state index >= 15 is 0 Å². The summed E-state index contributed by atoms with van der Waals surface area (Å²) in [6.45, 7) is 3.20. The lowest BCUT2D eigenvalue weighted by Crippen LogP contribution is -2.60. The summed E-state index contributed by atoms with van der Waals surface area (Å²) < 4.78 is 16.4. The van der Waals surface area contributed by atoms with Crippen molar-refractivity contribution in [1.82, 2.24) is 9.80 Å². The van der Waals surface area contributed by atoms with Crippen molar-refractivity contribution in [1.29, 1.82) is 0 Å². The van der Waals surface area contributed by atoms with Crippen molar-refractivity contribution in [3.05, 3.63) is 17.7 Å². The first-order valence-corrected chi connectivity index (χ1v) is 11.0. The Morgan fingerprint density at radius 3 is 2.14 bits per heavy atom. The van der Waals surface area contributed by atoms with Crippen molar-refractivity contribution >= 4 is 5.91 Å². The lowest BCUT2D eigenvalue weighted by atomic mass is 9.74. The Labute approximate surface area is 174 Å². The molecule has 2 aliphatic heterocycles. The standard InChI is InChI=1S/C23H34N2O4/c1-27-19-14-17(15-20(28-2)22(19)29-3)23(26)25-13-7-9-16-8-6-10-18(21(16)25)24-11-4-5-12-24/h14-16,18,21H,4-13H2,1-3H3. The Balaban J connectivity index is 1.66. The first-order chi connectivity index (χ1) is 14.2. The fourth-order valence-electron chi connectivity index (χ4n) is 5.77. The number of amides is 1. The van der Waals surface area contributed by atoms with E-state index < -0.39 is 0 Å². The molecule has 29 heavy (non-hydrogen) atoms. The summed E-state index contributed by atoms with van der Waals surface area (Å²) in [6, 6.07) is 4.41. The smallest absolute Gasteiger partial charge is 0.254 e. The molecule has 1 amide bonds. The van der Waals surface area contributed by atoms with E-state index in [1.807, 2.05) is 0 Å². The van der Waals surface area contributed by atoms with Gasteiger partial charge in [0.15, 0.2) is 11.5 Å². The second kappa shape index (κ2) is 8.82. The predicted molar refractivity (Wildman–Crippen MR) is 112 cm³/mol. The summed E-state index contributed by atoms with van der Waals surface area (Å²) >= 11 is 0. The highest BCUT2D eigenvalue weighted by atomic mass is 16.5. The molecule has 0 N–H and O–H groups in total. The topological polar surface area (TPSA) is 51.2 Å². The van der Waals surface area contributed by atoms with Gasteiger partial charge in [-0.15, -0.1) is 0 Å². The average Bonchev–Trinajstić information content (AvgIpc) is 3.31. The highest BCUT2D eigenvalue weighted by Gasteiger charge is 2.44. The van der Waals surface area contributed by atoms with Crippen molar-refractivity contribution < 1.29 is 19.0 Å². The van der Waals surface area contributed by atoms with Gasteiger partial charge >= 0.3 is 0 Å². The SMILES string of the molecule is COc1cc(C(=O)N2CCCC3CCCC(N4CCCC4)C32)cc(OC)c1OC. The van der Waals surface area contributed by atoms with Crippen LogP contribution in [-0.4, -0.2) is 68.8 Å². The number of methoxy groups -OCH3 is 3. The fourth-order valence-corrected chi connectivity index (χ4v) is 5.77. The van der Waals surface area contributed by atoms with Crippen LogP contribution in [-0.2, 0) is 0 Å². The molecule has 3 fully saturated rings. The highest BCUT2D eigenvalue weighted by Crippen LogP contribution is 2.41. The summed E-state index contributed by atoms with van der Waals surface area (Å²) in [6.07, 6.45) is 8.64. The number of nitrogens with zero attached hydrogens (tertiary/aromatic N) is 2. The van der Waals surface area contributed by atoms with Crippen LogP contribution < -0.4 is 14.2 Å². The largest absolute Gasteiger partial charge is 0.493 e. The third-order valence-corrected chi connectivity index (χ3v) is 7.07. The zero-order chi connectivity index (χ0) is 20.4. The Hall–Kier alpha value is -1.95. The molecule has 0 spiro atoms. The maximum Gasteiger partial charge on any atom is 0.254 e. The molecule has 6 heteroatoms. The lowest BCUT2D eigenvalue weighted by molar-refractivity contribution is 0.000202. The molecule has 3 aliphatic rings. The molecule has 2 heterocycles. The van der Waals surface area contributed by atoms with Gasteiger partial charge in [0.2, 0.25) is 5.75 Å². The summed E-state index contributed by atoms with van der Waals surface area (Å²) in [4.78, 5) is 18.5. The van der Waals surface area contributed by atoms with Crippen LogP contribution in [0.15, 0.2) is 12.1 Å². The predicted octanol–water partition coefficient (Wildman–Crippen LogP) is 3.58. The number of piperidine rings is 1. The van der Waals surface area contributed by atoms with E-state index in [1.54, 1.807) is 33.5 Å². The molecule has 1 saturated carbocycles. The minimum Gasteiger partial charge on any atom is -0.493 e. The lowest BCUT2D eigenvalue weighted by Gasteiger charge is -2.50. The van der Waals surface area contributed by atoms with Crippen molar-refractivity contribution in [2.75, 3.05) is 41.0 Å². The summed E-state index contributed by atoms with van der Waals surface area (Å²) in [5.41, 5.74) is 0.617. The number of fused-ring (bicyclic) bond motifs is 1. The normalized spacial score (nSPS) is 27.4. The fraction of sp³-hybridized carbons (Fsp3) is 0.696. The first-order valence-electron chi connectivity index (χ1n) is 11.0. The van der Waals surface area contributed by atoms with E-state index in [-0.39, 0.29) is 5.91 Å². The van der Waals surface area contributed by atoms with Gasteiger partial charge in [-0.3, -0.25) is 9.69 Å². The average molecular weight is 403 g/mol. The number of hydrogen-bond acceptors (Lipinski definition) is 5. The molecule has 4 rings (SSSR count). The highest BCUT2D eigenvalue weighted by molar-refractivity contribution is 5.96. The molecule has 3 unspecified atom stereocenters. The minimum atomic E-state index is 0.0880. The molecule has 3 atom stereocenters. The van der Waals surface area contributed by atoms with Gasteiger partial charge in [0.05, 0.1) is 27.4 Å². The van der Waals surface area contributed by atoms with Crippen molar-refractivity contribution in [2.24, 2.45) is 5.92 Å². The molecule has 0 radical (unpaired) electrons. The van der Waals surface area contributed by atoms with Crippen molar-refractivity contribution in [2.45, 2.75) is 57.0 Å². The van der Waals surface area contributed by atoms with Crippen LogP contribution in [0.4, 0.5) is 0 Å². The van der Waals surface area contributed by atoms with Gasteiger partial charge < -0.3 is 19.1 Å². The number of carbonyl (C=O) groups excluding carboxylic acids is 1. The molecular formula is C23H34N2O4. The quantitative estimate of drug-likeness (QED) is 0.754. The van der Waals surface area contributed by atoms with Gasteiger partial charge in [-0.05, 0) is 69.7 Å². The number of carbonyl (C=O) groups is 1. The van der Waals surface area contributed by atoms with Crippen LogP contribution in [0.5, 0.6) is 17.2 Å². The van der Waals surface area contributed by atoms with E-state index in [0.717, 1.165) is 13.0 Å². The Bertz CT molecular complexity index is 705. The van der Waals surface area contributed by atoms with Gasteiger partial charge in [-0.2, -0.15) is 0 Å². The van der Waals surface area contributed by atoms with Crippen LogP contribution in [0.25, 0.3) is 0 Å². The molecule has 1 aromatic carbocycles. The van der Waals surface area contributed by atoms with E-state index in [2.05, 4.69) is 9.80 Å². The van der Waals surface area contributed by atoms with Gasteiger partial charge in [0, 0.05) is 18.2 Å². The zero-order valence-corrected chi connectivity index (χ0v) is 18.0. The Morgan fingerprint density at radius 2 is 1.52 bits per heavy atom. The van der Waals surface area contributed by atoms with E-state index in [1.165, 1.54) is 51.6 Å². The third kappa shape index (κ3) is 3.79. The zero-order valence-electron chi connectivity index (χ0n) is 18.0. The van der Waals surface area contributed by atoms with Crippen molar-refractivity contribution in [3.63, 3.8) is 0 Å². The van der Waals surface area contributed by atoms with Crippen LogP contribution in [0.3, 0.4) is 0 Å². The number of hydrogen-bond donors (Lipinski definition) is 0. The second-order valence-electron chi connectivity index (χ2n) is 8.55. The molecule has 160 valence electrons. The third-order valence-electron chi connectivity index (χ3n) is 7.07. The molecular weight excluding hydrogens is 368 g/mol. The second-order valence-corrected chi connectivity index (χ2v) is 8.55. The molecule has 6 nitrogen and oxygen atoms in total. The van der Waals surface area contributed by atoms with Crippen LogP contribution in [0.1, 0.15) is 55.3 Å². The maximum atomic E-state index is 13.7. The molecule has 1 aromatic rings. The van der Waals surface area contributed by atoms with Gasteiger partial charge in [-0.1, -0.05) is 6.42 Å². The van der Waals surface area contributed by atoms with Crippen LogP contribution in [0.2, 0.25) is 0 Å². The first kappa shape index (κ1) is 20.3. The Kier molecular flexibility index (Phi) is 6.18. The van der Waals surface area contributed by atoms with Gasteiger partial charge in [0.25, 0.3) is 5.91 Å². The van der Waals surface area contributed by atoms with Crippen LogP contribution >= 0.6 is 0 Å². The Morgan fingerprint density at radius 1 is 0.862 bits per heavy atom. The minimum absolute atomic E-state index is 0.0880. The molecule has 0 aromatic heterocycles.